The predicted octanol–water partition coefficient (Wildman–Crippen LogP) is 2.79. The van der Waals surface area contributed by atoms with Crippen LogP contribution in [0.4, 0.5) is 0 Å². The third-order valence-corrected chi connectivity index (χ3v) is 3.11. The molecule has 3 heteroatoms. The number of hydrogen-bond donors (Lipinski definition) is 1. The molecule has 0 amide bonds. The Morgan fingerprint density at radius 3 is 2.94 bits per heavy atom. The lowest BCUT2D eigenvalue weighted by molar-refractivity contribution is 0.142. The van der Waals surface area contributed by atoms with Gasteiger partial charge in [-0.2, -0.15) is 0 Å². The molecule has 2 rings (SSSR count). The third-order valence-electron chi connectivity index (χ3n) is 3.11. The summed E-state index contributed by atoms with van der Waals surface area (Å²) in [6, 6.07) is 8.83. The first-order valence-corrected chi connectivity index (χ1v) is 6.65. The molecule has 18 heavy (non-hydrogen) atoms. The van der Waals surface area contributed by atoms with Gasteiger partial charge < -0.3 is 14.6 Å². The fraction of sp³-hybridized carbons (Fsp3) is 0.467. The maximum absolute atomic E-state index is 5.38. The molecule has 3 nitrogen and oxygen atoms in total. The number of aromatic nitrogens is 1. The van der Waals surface area contributed by atoms with Crippen molar-refractivity contribution in [3.8, 4) is 0 Å². The van der Waals surface area contributed by atoms with E-state index in [4.69, 9.17) is 4.74 Å². The van der Waals surface area contributed by atoms with Gasteiger partial charge in [-0.05, 0) is 43.5 Å². The smallest absolute Gasteiger partial charge is 0.0483 e. The zero-order valence-electron chi connectivity index (χ0n) is 11.3. The quantitative estimate of drug-likeness (QED) is 0.760. The third kappa shape index (κ3) is 3.12. The molecular formula is C15H22N2O. The Morgan fingerprint density at radius 1 is 1.28 bits per heavy atom. The van der Waals surface area contributed by atoms with Gasteiger partial charge in [-0.25, -0.2) is 0 Å². The van der Waals surface area contributed by atoms with Gasteiger partial charge in [-0.1, -0.05) is 12.1 Å². The van der Waals surface area contributed by atoms with Crippen LogP contribution in [0.15, 0.2) is 30.5 Å². The molecule has 1 aromatic carbocycles. The maximum Gasteiger partial charge on any atom is 0.0483 e. The predicted molar refractivity (Wildman–Crippen MR) is 75.8 cm³/mol. The summed E-state index contributed by atoms with van der Waals surface area (Å²) in [6.07, 6.45) is 3.23. The van der Waals surface area contributed by atoms with Crippen LogP contribution in [0.5, 0.6) is 0 Å². The van der Waals surface area contributed by atoms with Crippen molar-refractivity contribution in [2.75, 3.05) is 20.3 Å². The van der Waals surface area contributed by atoms with Crippen molar-refractivity contribution in [1.82, 2.24) is 9.88 Å². The van der Waals surface area contributed by atoms with Crippen LogP contribution in [-0.4, -0.2) is 24.8 Å². The number of nitrogens with one attached hydrogen (secondary N) is 1. The lowest BCUT2D eigenvalue weighted by Crippen LogP contribution is -2.05. The van der Waals surface area contributed by atoms with E-state index in [9.17, 15) is 0 Å². The van der Waals surface area contributed by atoms with Crippen molar-refractivity contribution in [2.45, 2.75) is 26.4 Å². The van der Waals surface area contributed by atoms with Crippen LogP contribution < -0.4 is 5.32 Å². The molecule has 98 valence electrons. The summed E-state index contributed by atoms with van der Waals surface area (Å²) in [5.74, 6) is 0. The zero-order valence-corrected chi connectivity index (χ0v) is 11.3. The van der Waals surface area contributed by atoms with E-state index < -0.39 is 0 Å². The Bertz CT molecular complexity index is 490. The number of nitrogens with zero attached hydrogens (tertiary/aromatic N) is 1. The summed E-state index contributed by atoms with van der Waals surface area (Å²) in [5, 5.41) is 4.50. The van der Waals surface area contributed by atoms with Crippen molar-refractivity contribution in [1.29, 1.82) is 0 Å². The monoisotopic (exact) mass is 246 g/mol. The molecule has 0 aliphatic rings. The molecule has 0 unspecified atom stereocenters. The largest absolute Gasteiger partial charge is 0.382 e. The average Bonchev–Trinajstić information content (AvgIpc) is 2.78. The van der Waals surface area contributed by atoms with Gasteiger partial charge in [0, 0.05) is 38.0 Å². The molecule has 1 N–H and O–H groups in total. The first kappa shape index (κ1) is 13.1. The van der Waals surface area contributed by atoms with E-state index in [1.165, 1.54) is 16.5 Å². The lowest BCUT2D eigenvalue weighted by Gasteiger charge is -2.07. The molecule has 0 saturated heterocycles. The lowest BCUT2D eigenvalue weighted by atomic mass is 10.1. The minimum atomic E-state index is 0.804. The summed E-state index contributed by atoms with van der Waals surface area (Å²) >= 11 is 0. The molecule has 0 atom stereocenters. The van der Waals surface area contributed by atoms with Crippen LogP contribution in [0.1, 0.15) is 18.9 Å². The number of hydrogen-bond acceptors (Lipinski definition) is 2. The molecule has 0 saturated carbocycles. The number of ether oxygens (including phenoxy) is 1. The normalized spacial score (nSPS) is 11.2. The molecule has 0 spiro atoms. The Balaban J connectivity index is 2.09. The van der Waals surface area contributed by atoms with Gasteiger partial charge in [0.1, 0.15) is 0 Å². The topological polar surface area (TPSA) is 26.2 Å². The van der Waals surface area contributed by atoms with Gasteiger partial charge in [-0.3, -0.25) is 0 Å². The van der Waals surface area contributed by atoms with Crippen molar-refractivity contribution in [3.05, 3.63) is 36.0 Å². The fourth-order valence-electron chi connectivity index (χ4n) is 2.22. The highest BCUT2D eigenvalue weighted by molar-refractivity contribution is 5.80. The van der Waals surface area contributed by atoms with Crippen molar-refractivity contribution >= 4 is 10.9 Å². The minimum absolute atomic E-state index is 0.804. The summed E-state index contributed by atoms with van der Waals surface area (Å²) in [5.41, 5.74) is 2.65. The molecule has 0 radical (unpaired) electrons. The number of aryl methyl sites for hydroxylation is 1. The molecule has 0 fully saturated rings. The summed E-state index contributed by atoms with van der Waals surface area (Å²) in [7, 11) is 1.98. The van der Waals surface area contributed by atoms with E-state index in [2.05, 4.69) is 40.3 Å². The maximum atomic E-state index is 5.38. The molecule has 0 aliphatic carbocycles. The van der Waals surface area contributed by atoms with E-state index in [0.29, 0.717) is 0 Å². The van der Waals surface area contributed by atoms with Crippen LogP contribution in [0.25, 0.3) is 10.9 Å². The van der Waals surface area contributed by atoms with Crippen LogP contribution in [-0.2, 0) is 17.8 Å². The highest BCUT2D eigenvalue weighted by Crippen LogP contribution is 2.18. The fourth-order valence-corrected chi connectivity index (χ4v) is 2.22. The molecule has 1 aromatic heterocycles. The van der Waals surface area contributed by atoms with E-state index in [1.54, 1.807) is 0 Å². The second-order valence-corrected chi connectivity index (χ2v) is 4.48. The van der Waals surface area contributed by atoms with Crippen LogP contribution in [0.2, 0.25) is 0 Å². The van der Waals surface area contributed by atoms with Crippen LogP contribution in [0, 0.1) is 0 Å². The standard InChI is InChI=1S/C15H22N2O/c1-3-18-10-4-8-17-9-7-14-6-5-13(12-16-2)11-15(14)17/h5-7,9,11,16H,3-4,8,10,12H2,1-2H3. The summed E-state index contributed by atoms with van der Waals surface area (Å²) in [6.45, 7) is 5.62. The van der Waals surface area contributed by atoms with Crippen LogP contribution >= 0.6 is 0 Å². The van der Waals surface area contributed by atoms with Gasteiger partial charge in [0.05, 0.1) is 0 Å². The molecular weight excluding hydrogens is 224 g/mol. The Kier molecular flexibility index (Phi) is 4.79. The number of fused-ring (bicyclic) bond motifs is 1. The second-order valence-electron chi connectivity index (χ2n) is 4.48. The minimum Gasteiger partial charge on any atom is -0.382 e. The average molecular weight is 246 g/mol. The van der Waals surface area contributed by atoms with Crippen molar-refractivity contribution < 1.29 is 4.74 Å². The molecule has 2 aromatic rings. The Morgan fingerprint density at radius 2 is 2.17 bits per heavy atom. The van der Waals surface area contributed by atoms with E-state index >= 15 is 0 Å². The van der Waals surface area contributed by atoms with E-state index in [-0.39, 0.29) is 0 Å². The Labute approximate surface area is 109 Å². The summed E-state index contributed by atoms with van der Waals surface area (Å²) < 4.78 is 7.70. The van der Waals surface area contributed by atoms with Gasteiger partial charge >= 0.3 is 0 Å². The van der Waals surface area contributed by atoms with E-state index in [0.717, 1.165) is 32.7 Å². The van der Waals surface area contributed by atoms with Gasteiger partial charge in [0.15, 0.2) is 0 Å². The van der Waals surface area contributed by atoms with E-state index in [1.807, 2.05) is 14.0 Å². The molecule has 1 heterocycles. The highest BCUT2D eigenvalue weighted by Gasteiger charge is 2.02. The zero-order chi connectivity index (χ0) is 12.8. The number of benzene rings is 1. The van der Waals surface area contributed by atoms with Gasteiger partial charge in [0.25, 0.3) is 0 Å². The summed E-state index contributed by atoms with van der Waals surface area (Å²) in [4.78, 5) is 0. The first-order valence-electron chi connectivity index (χ1n) is 6.65. The van der Waals surface area contributed by atoms with Crippen LogP contribution in [0.3, 0.4) is 0 Å². The molecule has 0 bridgehead atoms. The van der Waals surface area contributed by atoms with Crippen molar-refractivity contribution in [3.63, 3.8) is 0 Å². The highest BCUT2D eigenvalue weighted by atomic mass is 16.5. The Hall–Kier alpha value is -1.32. The van der Waals surface area contributed by atoms with Gasteiger partial charge in [0.2, 0.25) is 0 Å². The SMILES string of the molecule is CCOCCCn1ccc2ccc(CNC)cc21. The first-order chi connectivity index (χ1) is 8.85. The van der Waals surface area contributed by atoms with Gasteiger partial charge in [-0.15, -0.1) is 0 Å². The molecule has 0 aliphatic heterocycles. The van der Waals surface area contributed by atoms with Crippen molar-refractivity contribution in [2.24, 2.45) is 0 Å². The number of rotatable bonds is 7. The second kappa shape index (κ2) is 6.57.